The van der Waals surface area contributed by atoms with E-state index in [0.717, 1.165) is 0 Å². The number of allylic oxidation sites excluding steroid dienone is 2. The van der Waals surface area contributed by atoms with Crippen molar-refractivity contribution in [2.24, 2.45) is 15.6 Å². The maximum atomic E-state index is 12.8. The van der Waals surface area contributed by atoms with Crippen LogP contribution in [0.5, 0.6) is 0 Å². The van der Waals surface area contributed by atoms with Crippen molar-refractivity contribution in [3.8, 4) is 5.69 Å². The summed E-state index contributed by atoms with van der Waals surface area (Å²) in [5, 5.41) is 22.1. The van der Waals surface area contributed by atoms with Crippen LogP contribution < -0.4 is 5.56 Å². The molecule has 1 aliphatic rings. The highest BCUT2D eigenvalue weighted by Crippen LogP contribution is 2.46. The Morgan fingerprint density at radius 3 is 2.57 bits per heavy atom. The molecule has 2 heterocycles. The molecule has 0 fully saturated rings. The Balaban J connectivity index is 1.94. The van der Waals surface area contributed by atoms with Gasteiger partial charge in [0.15, 0.2) is 17.7 Å². The SMILES string of the molecule is COC(C)(OC)[C@@]1(C)C=CC=C1N=Nc1c(C)[nH]n(-c2ccc([N+](=O)[O-])nc2)c1=O. The molecule has 1 N–H and O–H groups in total. The lowest BCUT2D eigenvalue weighted by Crippen LogP contribution is -2.46. The van der Waals surface area contributed by atoms with Gasteiger partial charge < -0.3 is 19.6 Å². The number of pyridine rings is 1. The van der Waals surface area contributed by atoms with Crippen molar-refractivity contribution < 1.29 is 14.4 Å². The number of hydrogen-bond donors (Lipinski definition) is 1. The Morgan fingerprint density at radius 1 is 1.30 bits per heavy atom. The van der Waals surface area contributed by atoms with Crippen LogP contribution in [0.25, 0.3) is 5.69 Å². The maximum absolute atomic E-state index is 12.8. The topological polar surface area (TPSA) is 137 Å². The number of H-pyrrole nitrogens is 1. The van der Waals surface area contributed by atoms with E-state index in [0.29, 0.717) is 17.1 Å². The maximum Gasteiger partial charge on any atom is 0.363 e. The number of rotatable bonds is 7. The molecule has 0 spiro atoms. The second-order valence-corrected chi connectivity index (χ2v) is 7.03. The number of ether oxygens (including phenoxy) is 2. The van der Waals surface area contributed by atoms with Crippen LogP contribution in [0.2, 0.25) is 0 Å². The lowest BCUT2D eigenvalue weighted by Gasteiger charge is -2.40. The molecule has 0 bridgehead atoms. The predicted molar refractivity (Wildman–Crippen MR) is 108 cm³/mol. The van der Waals surface area contributed by atoms with Crippen molar-refractivity contribution in [2.75, 3.05) is 14.2 Å². The largest absolute Gasteiger partial charge is 0.363 e. The van der Waals surface area contributed by atoms with Crippen molar-refractivity contribution in [2.45, 2.75) is 26.6 Å². The summed E-state index contributed by atoms with van der Waals surface area (Å²) in [5.41, 5.74) is 0.328. The van der Waals surface area contributed by atoms with Crippen molar-refractivity contribution in [1.82, 2.24) is 14.8 Å². The Labute approximate surface area is 171 Å². The van der Waals surface area contributed by atoms with Crippen molar-refractivity contribution in [3.05, 3.63) is 68.4 Å². The summed E-state index contributed by atoms with van der Waals surface area (Å²) in [7, 11) is 3.09. The summed E-state index contributed by atoms with van der Waals surface area (Å²) in [6, 6.07) is 2.64. The van der Waals surface area contributed by atoms with Crippen LogP contribution in [0.4, 0.5) is 11.5 Å². The number of aryl methyl sites for hydroxylation is 1. The van der Waals surface area contributed by atoms with Crippen molar-refractivity contribution in [3.63, 3.8) is 0 Å². The summed E-state index contributed by atoms with van der Waals surface area (Å²) in [5.74, 6) is -1.29. The molecule has 0 aliphatic heterocycles. The molecule has 0 saturated heterocycles. The Bertz CT molecular complexity index is 1110. The van der Waals surface area contributed by atoms with E-state index in [-0.39, 0.29) is 11.5 Å². The van der Waals surface area contributed by atoms with Gasteiger partial charge >= 0.3 is 5.82 Å². The molecule has 30 heavy (non-hydrogen) atoms. The van der Waals surface area contributed by atoms with Gasteiger partial charge in [0, 0.05) is 20.3 Å². The molecular weight excluding hydrogens is 392 g/mol. The molecule has 0 saturated carbocycles. The smallest absolute Gasteiger partial charge is 0.358 e. The molecule has 2 aromatic heterocycles. The zero-order chi connectivity index (χ0) is 22.1. The third-order valence-electron chi connectivity index (χ3n) is 5.41. The highest BCUT2D eigenvalue weighted by molar-refractivity contribution is 5.44. The van der Waals surface area contributed by atoms with E-state index >= 15 is 0 Å². The van der Waals surface area contributed by atoms with Crippen LogP contribution in [-0.4, -0.2) is 39.7 Å². The highest BCUT2D eigenvalue weighted by Gasteiger charge is 2.48. The lowest BCUT2D eigenvalue weighted by atomic mass is 9.81. The highest BCUT2D eigenvalue weighted by atomic mass is 16.7. The summed E-state index contributed by atoms with van der Waals surface area (Å²) in [4.78, 5) is 26.7. The van der Waals surface area contributed by atoms with Gasteiger partial charge in [0.2, 0.25) is 0 Å². The number of aromatic amines is 1. The van der Waals surface area contributed by atoms with Crippen LogP contribution >= 0.6 is 0 Å². The summed E-state index contributed by atoms with van der Waals surface area (Å²) in [6.45, 7) is 5.38. The zero-order valence-corrected chi connectivity index (χ0v) is 17.2. The minimum atomic E-state index is -0.983. The number of methoxy groups -OCH3 is 2. The van der Waals surface area contributed by atoms with Gasteiger partial charge in [-0.25, -0.2) is 4.68 Å². The van der Waals surface area contributed by atoms with Crippen molar-refractivity contribution in [1.29, 1.82) is 0 Å². The standard InChI is InChI=1S/C19H22N6O5/c1-12-16(17(26)24(23-12)13-8-9-15(20-11-13)25(27)28)22-21-14-7-6-10-18(14,2)19(3,29-4)30-5/h6-11,23H,1-5H3/t18-/m0/s1. The second-order valence-electron chi connectivity index (χ2n) is 7.03. The van der Waals surface area contributed by atoms with Gasteiger partial charge in [0.1, 0.15) is 5.69 Å². The van der Waals surface area contributed by atoms with E-state index in [1.165, 1.54) is 23.0 Å². The van der Waals surface area contributed by atoms with Crippen LogP contribution in [0.1, 0.15) is 19.5 Å². The van der Waals surface area contributed by atoms with Crippen LogP contribution in [0.15, 0.2) is 57.3 Å². The molecule has 1 aliphatic carbocycles. The molecular formula is C19H22N6O5. The lowest BCUT2D eigenvalue weighted by molar-refractivity contribution is -0.389. The quantitative estimate of drug-likeness (QED) is 0.319. The third kappa shape index (κ3) is 3.37. The van der Waals surface area contributed by atoms with Gasteiger partial charge in [-0.05, 0) is 42.8 Å². The monoisotopic (exact) mass is 414 g/mol. The van der Waals surface area contributed by atoms with Gasteiger partial charge in [-0.15, -0.1) is 5.11 Å². The van der Waals surface area contributed by atoms with Gasteiger partial charge in [0.05, 0.1) is 16.8 Å². The van der Waals surface area contributed by atoms with Crippen LogP contribution in [-0.2, 0) is 9.47 Å². The van der Waals surface area contributed by atoms with E-state index in [4.69, 9.17) is 9.47 Å². The number of azo groups is 1. The fourth-order valence-corrected chi connectivity index (χ4v) is 3.18. The minimum Gasteiger partial charge on any atom is -0.358 e. The minimum absolute atomic E-state index is 0.111. The number of hydrogen-bond acceptors (Lipinski definition) is 8. The van der Waals surface area contributed by atoms with Crippen molar-refractivity contribution >= 4 is 11.5 Å². The number of nitro groups is 1. The van der Waals surface area contributed by atoms with Gasteiger partial charge in [-0.1, -0.05) is 12.2 Å². The van der Waals surface area contributed by atoms with E-state index in [9.17, 15) is 14.9 Å². The molecule has 0 radical (unpaired) electrons. The van der Waals surface area contributed by atoms with Crippen LogP contribution in [0, 0.1) is 22.5 Å². The van der Waals surface area contributed by atoms with Gasteiger partial charge in [-0.3, -0.25) is 9.89 Å². The Hall–Kier alpha value is -3.44. The summed E-state index contributed by atoms with van der Waals surface area (Å²) in [6.07, 6.45) is 6.74. The molecule has 3 rings (SSSR count). The second kappa shape index (κ2) is 7.76. The molecule has 0 amide bonds. The molecule has 0 unspecified atom stereocenters. The molecule has 11 heteroatoms. The fourth-order valence-electron chi connectivity index (χ4n) is 3.18. The first-order valence-corrected chi connectivity index (χ1v) is 9.01. The molecule has 0 aromatic carbocycles. The molecule has 2 aromatic rings. The average molecular weight is 414 g/mol. The van der Waals surface area contributed by atoms with Crippen LogP contribution in [0.3, 0.4) is 0 Å². The summed E-state index contributed by atoms with van der Waals surface area (Å²) < 4.78 is 12.3. The number of aromatic nitrogens is 3. The van der Waals surface area contributed by atoms with E-state index in [1.807, 2.05) is 19.1 Å². The van der Waals surface area contributed by atoms with E-state index in [1.54, 1.807) is 34.1 Å². The average Bonchev–Trinajstić information content (AvgIpc) is 3.26. The van der Waals surface area contributed by atoms with E-state index in [2.05, 4.69) is 20.3 Å². The van der Waals surface area contributed by atoms with Gasteiger partial charge in [0.25, 0.3) is 5.56 Å². The first-order chi connectivity index (χ1) is 14.2. The number of nitrogens with one attached hydrogen (secondary N) is 1. The fraction of sp³-hybridized carbons (Fsp3) is 0.368. The summed E-state index contributed by atoms with van der Waals surface area (Å²) >= 11 is 0. The molecule has 1 atom stereocenters. The Morgan fingerprint density at radius 2 is 2.00 bits per heavy atom. The Kier molecular flexibility index (Phi) is 5.51. The molecule has 11 nitrogen and oxygen atoms in total. The first-order valence-electron chi connectivity index (χ1n) is 9.01. The number of nitrogens with zero attached hydrogens (tertiary/aromatic N) is 5. The normalized spacial score (nSPS) is 18.9. The van der Waals surface area contributed by atoms with E-state index < -0.39 is 21.7 Å². The van der Waals surface area contributed by atoms with Gasteiger partial charge in [-0.2, -0.15) is 5.11 Å². The third-order valence-corrected chi connectivity index (χ3v) is 5.41. The zero-order valence-electron chi connectivity index (χ0n) is 17.2. The predicted octanol–water partition coefficient (Wildman–Crippen LogP) is 3.33. The first kappa shape index (κ1) is 21.3. The molecule has 158 valence electrons.